The molecule has 186 valence electrons. The summed E-state index contributed by atoms with van der Waals surface area (Å²) in [6.07, 6.45) is 0.929. The topological polar surface area (TPSA) is 73.9 Å². The van der Waals surface area contributed by atoms with Crippen molar-refractivity contribution >= 4 is 17.7 Å². The molecule has 0 unspecified atom stereocenters. The molecule has 0 bridgehead atoms. The number of esters is 1. The lowest BCUT2D eigenvalue weighted by atomic mass is 9.94. The molecule has 2 aliphatic rings. The first-order valence-electron chi connectivity index (χ1n) is 12.5. The fraction of sp³-hybridized carbons (Fsp3) is 0.429. The van der Waals surface area contributed by atoms with Crippen molar-refractivity contribution in [1.29, 1.82) is 0 Å². The third-order valence-corrected chi connectivity index (χ3v) is 6.83. The number of amides is 2. The molecule has 2 heterocycles. The Labute approximate surface area is 208 Å². The first kappa shape index (κ1) is 24.8. The number of nitrogens with one attached hydrogen (secondary N) is 2. The van der Waals surface area contributed by atoms with Gasteiger partial charge in [-0.3, -0.25) is 4.90 Å². The van der Waals surface area contributed by atoms with Gasteiger partial charge in [-0.1, -0.05) is 43.3 Å². The van der Waals surface area contributed by atoms with Crippen LogP contribution >= 0.6 is 0 Å². The van der Waals surface area contributed by atoms with Crippen molar-refractivity contribution in [1.82, 2.24) is 15.5 Å². The highest BCUT2D eigenvalue weighted by atomic mass is 16.5. The Morgan fingerprint density at radius 1 is 1.03 bits per heavy atom. The van der Waals surface area contributed by atoms with Crippen LogP contribution in [-0.2, 0) is 16.0 Å². The maximum atomic E-state index is 13.1. The van der Waals surface area contributed by atoms with E-state index in [-0.39, 0.29) is 12.6 Å². The monoisotopic (exact) mass is 476 g/mol. The predicted octanol–water partition coefficient (Wildman–Crippen LogP) is 3.86. The second-order valence-corrected chi connectivity index (χ2v) is 9.29. The zero-order valence-electron chi connectivity index (χ0n) is 21.2. The zero-order valence-corrected chi connectivity index (χ0v) is 21.2. The quantitative estimate of drug-likeness (QED) is 0.594. The second kappa shape index (κ2) is 11.0. The fourth-order valence-electron chi connectivity index (χ4n) is 4.82. The maximum absolute atomic E-state index is 13.1. The Balaban J connectivity index is 1.56. The van der Waals surface area contributed by atoms with E-state index in [9.17, 15) is 9.59 Å². The molecular formula is C28H36N4O3. The van der Waals surface area contributed by atoms with E-state index in [0.29, 0.717) is 17.8 Å². The minimum Gasteiger partial charge on any atom is -0.463 e. The molecule has 2 aliphatic heterocycles. The van der Waals surface area contributed by atoms with Crippen LogP contribution in [0, 0.1) is 13.8 Å². The third-order valence-electron chi connectivity index (χ3n) is 6.83. The van der Waals surface area contributed by atoms with E-state index < -0.39 is 12.0 Å². The van der Waals surface area contributed by atoms with Crippen molar-refractivity contribution in [2.75, 3.05) is 44.2 Å². The van der Waals surface area contributed by atoms with Crippen LogP contribution in [0.5, 0.6) is 0 Å². The Kier molecular flexibility index (Phi) is 7.76. The molecule has 2 aromatic carbocycles. The smallest absolute Gasteiger partial charge is 0.338 e. The van der Waals surface area contributed by atoms with E-state index in [1.165, 1.54) is 22.4 Å². The number of carbonyl (C=O) groups is 2. The molecular weight excluding hydrogens is 440 g/mol. The lowest BCUT2D eigenvalue weighted by Gasteiger charge is -2.38. The van der Waals surface area contributed by atoms with Gasteiger partial charge in [0.25, 0.3) is 0 Å². The van der Waals surface area contributed by atoms with Crippen LogP contribution in [0.15, 0.2) is 53.7 Å². The van der Waals surface area contributed by atoms with Crippen LogP contribution in [0.25, 0.3) is 0 Å². The van der Waals surface area contributed by atoms with E-state index in [4.69, 9.17) is 4.74 Å². The van der Waals surface area contributed by atoms with Crippen molar-refractivity contribution in [3.8, 4) is 0 Å². The van der Waals surface area contributed by atoms with Crippen molar-refractivity contribution < 1.29 is 14.3 Å². The summed E-state index contributed by atoms with van der Waals surface area (Å²) >= 11 is 0. The lowest BCUT2D eigenvalue weighted by molar-refractivity contribution is -0.139. The van der Waals surface area contributed by atoms with Gasteiger partial charge in [-0.2, -0.15) is 0 Å². The Hall–Kier alpha value is -3.32. The van der Waals surface area contributed by atoms with Crippen LogP contribution in [0.2, 0.25) is 0 Å². The molecule has 2 N–H and O–H groups in total. The minimum absolute atomic E-state index is 0.277. The normalized spacial score (nSPS) is 18.8. The molecule has 0 saturated carbocycles. The number of urea groups is 1. The molecule has 2 amide bonds. The van der Waals surface area contributed by atoms with Crippen molar-refractivity contribution in [2.24, 2.45) is 0 Å². The van der Waals surface area contributed by atoms with Crippen LogP contribution in [-0.4, -0.2) is 56.2 Å². The van der Waals surface area contributed by atoms with Gasteiger partial charge in [-0.15, -0.1) is 0 Å². The molecule has 2 aromatic rings. The number of anilines is 1. The third kappa shape index (κ3) is 5.68. The fourth-order valence-corrected chi connectivity index (χ4v) is 4.82. The van der Waals surface area contributed by atoms with Gasteiger partial charge in [0.05, 0.1) is 18.2 Å². The highest BCUT2D eigenvalue weighted by molar-refractivity contribution is 5.95. The van der Waals surface area contributed by atoms with Crippen molar-refractivity contribution in [3.05, 3.63) is 76.0 Å². The van der Waals surface area contributed by atoms with E-state index in [0.717, 1.165) is 38.2 Å². The van der Waals surface area contributed by atoms with E-state index in [1.807, 2.05) is 24.3 Å². The largest absolute Gasteiger partial charge is 0.463 e. The number of hydrogen-bond donors (Lipinski definition) is 2. The van der Waals surface area contributed by atoms with Crippen molar-refractivity contribution in [2.45, 2.75) is 40.2 Å². The van der Waals surface area contributed by atoms with E-state index in [1.54, 1.807) is 6.92 Å². The van der Waals surface area contributed by atoms with E-state index >= 15 is 0 Å². The van der Waals surface area contributed by atoms with Gasteiger partial charge in [0.15, 0.2) is 0 Å². The highest BCUT2D eigenvalue weighted by Gasteiger charge is 2.34. The summed E-state index contributed by atoms with van der Waals surface area (Å²) in [5.41, 5.74) is 6.99. The van der Waals surface area contributed by atoms with Crippen molar-refractivity contribution in [3.63, 3.8) is 0 Å². The predicted molar refractivity (Wildman–Crippen MR) is 138 cm³/mol. The van der Waals surface area contributed by atoms with Gasteiger partial charge in [0, 0.05) is 44.1 Å². The molecule has 1 fully saturated rings. The molecule has 1 atom stereocenters. The number of carbonyl (C=O) groups excluding carboxylic acids is 2. The minimum atomic E-state index is -0.542. The zero-order chi connectivity index (χ0) is 24.9. The van der Waals surface area contributed by atoms with Crippen LogP contribution < -0.4 is 15.5 Å². The number of piperazine rings is 1. The van der Waals surface area contributed by atoms with Gasteiger partial charge >= 0.3 is 12.0 Å². The molecule has 1 saturated heterocycles. The molecule has 0 spiro atoms. The molecule has 0 radical (unpaired) electrons. The van der Waals surface area contributed by atoms with E-state index in [2.05, 4.69) is 59.4 Å². The molecule has 7 heteroatoms. The van der Waals surface area contributed by atoms with Crippen LogP contribution in [0.1, 0.15) is 42.1 Å². The summed E-state index contributed by atoms with van der Waals surface area (Å²) in [6.45, 7) is 12.4. The van der Waals surface area contributed by atoms with Gasteiger partial charge in [0.1, 0.15) is 0 Å². The SMILES string of the molecule is CCOC(=O)C1=C(CN2CCN(c3cc(C)ccc3C)CC2)NC(=O)N[C@H]1c1ccc(CC)cc1. The lowest BCUT2D eigenvalue weighted by Crippen LogP contribution is -2.52. The average molecular weight is 477 g/mol. The average Bonchev–Trinajstić information content (AvgIpc) is 2.86. The molecule has 4 rings (SSSR count). The van der Waals surface area contributed by atoms with Gasteiger partial charge in [-0.05, 0) is 55.5 Å². The van der Waals surface area contributed by atoms with Crippen LogP contribution in [0.3, 0.4) is 0 Å². The van der Waals surface area contributed by atoms with Crippen LogP contribution in [0.4, 0.5) is 10.5 Å². The number of aryl methyl sites for hydroxylation is 3. The number of nitrogens with zero attached hydrogens (tertiary/aromatic N) is 2. The molecule has 35 heavy (non-hydrogen) atoms. The summed E-state index contributed by atoms with van der Waals surface area (Å²) < 4.78 is 5.42. The number of ether oxygens (including phenoxy) is 1. The molecule has 7 nitrogen and oxygen atoms in total. The molecule has 0 aromatic heterocycles. The Bertz CT molecular complexity index is 1100. The first-order chi connectivity index (χ1) is 16.9. The maximum Gasteiger partial charge on any atom is 0.338 e. The summed E-state index contributed by atoms with van der Waals surface area (Å²) in [4.78, 5) is 30.4. The van der Waals surface area contributed by atoms with Gasteiger partial charge in [0.2, 0.25) is 0 Å². The highest BCUT2D eigenvalue weighted by Crippen LogP contribution is 2.29. The number of benzene rings is 2. The number of hydrogen-bond acceptors (Lipinski definition) is 5. The summed E-state index contributed by atoms with van der Waals surface area (Å²) in [5.74, 6) is -0.395. The summed E-state index contributed by atoms with van der Waals surface area (Å²) in [5, 5.41) is 5.84. The van der Waals surface area contributed by atoms with Gasteiger partial charge in [-0.25, -0.2) is 9.59 Å². The Morgan fingerprint density at radius 3 is 2.40 bits per heavy atom. The molecule has 0 aliphatic carbocycles. The summed E-state index contributed by atoms with van der Waals surface area (Å²) in [7, 11) is 0. The standard InChI is InChI=1S/C28H36N4O3/c1-5-21-9-11-22(12-10-21)26-25(27(33)35-6-2)23(29-28(34)30-26)18-31-13-15-32(16-14-31)24-17-19(3)7-8-20(24)4/h7-12,17,26H,5-6,13-16,18H2,1-4H3,(H2,29,30,34)/t26-/m0/s1. The summed E-state index contributed by atoms with van der Waals surface area (Å²) in [6, 6.07) is 13.8. The first-order valence-corrected chi connectivity index (χ1v) is 12.5. The second-order valence-electron chi connectivity index (χ2n) is 9.29. The number of rotatable bonds is 7. The Morgan fingerprint density at radius 2 is 1.74 bits per heavy atom. The van der Waals surface area contributed by atoms with Gasteiger partial charge < -0.3 is 20.3 Å².